The minimum Gasteiger partial charge on any atom is -0.497 e. The van der Waals surface area contributed by atoms with E-state index in [9.17, 15) is 4.79 Å². The third kappa shape index (κ3) is 2.70. The third-order valence-electron chi connectivity index (χ3n) is 3.58. The smallest absolute Gasteiger partial charge is 0.242 e. The van der Waals surface area contributed by atoms with E-state index in [0.717, 1.165) is 36.4 Å². The van der Waals surface area contributed by atoms with E-state index in [4.69, 9.17) is 22.7 Å². The normalized spacial score (nSPS) is 17.9. The number of thiocarbonyl (C=S) groups is 1. The maximum atomic E-state index is 12.0. The lowest BCUT2D eigenvalue weighted by atomic mass is 10.1. The number of anilines is 1. The minimum atomic E-state index is -0.180. The molecule has 0 aromatic heterocycles. The van der Waals surface area contributed by atoms with Crippen molar-refractivity contribution in [2.45, 2.75) is 18.9 Å². The monoisotopic (exact) mass is 293 g/mol. The molecule has 1 unspecified atom stereocenters. The van der Waals surface area contributed by atoms with Crippen molar-refractivity contribution in [2.75, 3.05) is 25.6 Å². The number of likely N-dealkylation sites (N-methyl/N-ethyl adjacent to an activating group) is 1. The Labute approximate surface area is 124 Å². The Morgan fingerprint density at radius 2 is 2.30 bits per heavy atom. The third-order valence-corrected chi connectivity index (χ3v) is 3.80. The SMILES string of the molecule is CNC(=O)C1CCCN1c1cc(OC)ccc1C(N)=S. The number of carbonyl (C=O) groups is 1. The number of nitrogens with two attached hydrogens (primary N) is 1. The molecule has 1 amide bonds. The van der Waals surface area contributed by atoms with E-state index in [1.165, 1.54) is 0 Å². The summed E-state index contributed by atoms with van der Waals surface area (Å²) in [7, 11) is 3.26. The number of amides is 1. The van der Waals surface area contributed by atoms with Crippen LogP contribution in [0.15, 0.2) is 18.2 Å². The Kier molecular flexibility index (Phi) is 4.44. The van der Waals surface area contributed by atoms with E-state index >= 15 is 0 Å². The summed E-state index contributed by atoms with van der Waals surface area (Å²) < 4.78 is 5.26. The van der Waals surface area contributed by atoms with E-state index in [1.807, 2.05) is 18.2 Å². The molecular formula is C14H19N3O2S. The van der Waals surface area contributed by atoms with Crippen LogP contribution in [0.1, 0.15) is 18.4 Å². The standard InChI is InChI=1S/C14H19N3O2S/c1-16-14(18)11-4-3-7-17(11)12-8-9(19-2)5-6-10(12)13(15)20/h5-6,8,11H,3-4,7H2,1-2H3,(H2,15,20)(H,16,18). The fourth-order valence-electron chi connectivity index (χ4n) is 2.58. The molecule has 108 valence electrons. The highest BCUT2D eigenvalue weighted by atomic mass is 32.1. The number of ether oxygens (including phenoxy) is 1. The largest absolute Gasteiger partial charge is 0.497 e. The van der Waals surface area contributed by atoms with Gasteiger partial charge in [-0.15, -0.1) is 0 Å². The summed E-state index contributed by atoms with van der Waals surface area (Å²) in [4.78, 5) is 14.4. The first-order chi connectivity index (χ1) is 9.58. The molecule has 1 aromatic rings. The van der Waals surface area contributed by atoms with Gasteiger partial charge in [-0.1, -0.05) is 12.2 Å². The highest BCUT2D eigenvalue weighted by molar-refractivity contribution is 7.80. The molecule has 20 heavy (non-hydrogen) atoms. The van der Waals surface area contributed by atoms with Crippen molar-refractivity contribution in [1.82, 2.24) is 5.32 Å². The van der Waals surface area contributed by atoms with E-state index in [0.29, 0.717) is 4.99 Å². The average Bonchev–Trinajstić information content (AvgIpc) is 2.94. The first-order valence-electron chi connectivity index (χ1n) is 6.54. The average molecular weight is 293 g/mol. The number of nitrogens with zero attached hydrogens (tertiary/aromatic N) is 1. The highest BCUT2D eigenvalue weighted by Gasteiger charge is 2.31. The van der Waals surface area contributed by atoms with Crippen LogP contribution < -0.4 is 20.7 Å². The minimum absolute atomic E-state index is 0.0132. The predicted octanol–water partition coefficient (Wildman–Crippen LogP) is 1.04. The zero-order valence-corrected chi connectivity index (χ0v) is 12.5. The first kappa shape index (κ1) is 14.6. The summed E-state index contributed by atoms with van der Waals surface area (Å²) in [5.74, 6) is 0.738. The molecule has 1 aromatic carbocycles. The van der Waals surface area contributed by atoms with Gasteiger partial charge < -0.3 is 20.7 Å². The van der Waals surface area contributed by atoms with E-state index < -0.39 is 0 Å². The van der Waals surface area contributed by atoms with Crippen molar-refractivity contribution >= 4 is 28.8 Å². The number of nitrogens with one attached hydrogen (secondary N) is 1. The van der Waals surface area contributed by atoms with Gasteiger partial charge in [0.2, 0.25) is 5.91 Å². The van der Waals surface area contributed by atoms with Crippen LogP contribution >= 0.6 is 12.2 Å². The summed E-state index contributed by atoms with van der Waals surface area (Å²) in [5, 5.41) is 2.71. The summed E-state index contributed by atoms with van der Waals surface area (Å²) >= 11 is 5.11. The maximum Gasteiger partial charge on any atom is 0.242 e. The molecule has 5 nitrogen and oxygen atoms in total. The van der Waals surface area contributed by atoms with Gasteiger partial charge in [0.05, 0.1) is 12.8 Å². The molecule has 1 aliphatic heterocycles. The lowest BCUT2D eigenvalue weighted by molar-refractivity contribution is -0.121. The second-order valence-electron chi connectivity index (χ2n) is 4.71. The molecule has 0 spiro atoms. The summed E-state index contributed by atoms with van der Waals surface area (Å²) in [6, 6.07) is 5.37. The summed E-state index contributed by atoms with van der Waals surface area (Å²) in [6.07, 6.45) is 1.79. The zero-order valence-electron chi connectivity index (χ0n) is 11.7. The topological polar surface area (TPSA) is 67.6 Å². The van der Waals surface area contributed by atoms with Gasteiger partial charge in [0.15, 0.2) is 0 Å². The zero-order chi connectivity index (χ0) is 14.7. The summed E-state index contributed by atoms with van der Waals surface area (Å²) in [6.45, 7) is 0.806. The van der Waals surface area contributed by atoms with Crippen LogP contribution in [0.5, 0.6) is 5.75 Å². The molecule has 0 bridgehead atoms. The van der Waals surface area contributed by atoms with Gasteiger partial charge in [0, 0.05) is 25.2 Å². The first-order valence-corrected chi connectivity index (χ1v) is 6.95. The predicted molar refractivity (Wildman–Crippen MR) is 83.3 cm³/mol. The number of hydrogen-bond donors (Lipinski definition) is 2. The molecule has 1 heterocycles. The van der Waals surface area contributed by atoms with Gasteiger partial charge in [-0.25, -0.2) is 0 Å². The van der Waals surface area contributed by atoms with Crippen molar-refractivity contribution in [3.63, 3.8) is 0 Å². The highest BCUT2D eigenvalue weighted by Crippen LogP contribution is 2.32. The molecule has 1 atom stereocenters. The van der Waals surface area contributed by atoms with Crippen molar-refractivity contribution in [2.24, 2.45) is 5.73 Å². The van der Waals surface area contributed by atoms with Crippen LogP contribution in [0.2, 0.25) is 0 Å². The molecule has 1 saturated heterocycles. The molecule has 0 radical (unpaired) electrons. The lowest BCUT2D eigenvalue weighted by Crippen LogP contribution is -2.42. The lowest BCUT2D eigenvalue weighted by Gasteiger charge is -2.27. The molecule has 1 aliphatic rings. The number of hydrogen-bond acceptors (Lipinski definition) is 4. The van der Waals surface area contributed by atoms with Crippen LogP contribution in [-0.2, 0) is 4.79 Å². The number of carbonyl (C=O) groups excluding carboxylic acids is 1. The van der Waals surface area contributed by atoms with Crippen LogP contribution in [0, 0.1) is 0 Å². The van der Waals surface area contributed by atoms with Gasteiger partial charge in [0.1, 0.15) is 16.8 Å². The van der Waals surface area contributed by atoms with Crippen molar-refractivity contribution in [3.05, 3.63) is 23.8 Å². The quantitative estimate of drug-likeness (QED) is 0.812. The Morgan fingerprint density at radius 1 is 1.55 bits per heavy atom. The Balaban J connectivity index is 2.43. The van der Waals surface area contributed by atoms with Gasteiger partial charge >= 0.3 is 0 Å². The molecule has 3 N–H and O–H groups in total. The molecule has 6 heteroatoms. The number of benzene rings is 1. The second-order valence-corrected chi connectivity index (χ2v) is 5.15. The fraction of sp³-hybridized carbons (Fsp3) is 0.429. The van der Waals surface area contributed by atoms with Gasteiger partial charge in [-0.3, -0.25) is 4.79 Å². The van der Waals surface area contributed by atoms with Crippen molar-refractivity contribution in [1.29, 1.82) is 0 Å². The molecule has 0 saturated carbocycles. The Bertz CT molecular complexity index is 533. The molecule has 1 fully saturated rings. The van der Waals surface area contributed by atoms with Crippen molar-refractivity contribution < 1.29 is 9.53 Å². The van der Waals surface area contributed by atoms with Gasteiger partial charge in [0.25, 0.3) is 0 Å². The number of methoxy groups -OCH3 is 1. The van der Waals surface area contributed by atoms with Crippen LogP contribution in [0.25, 0.3) is 0 Å². The number of rotatable bonds is 4. The van der Waals surface area contributed by atoms with Gasteiger partial charge in [-0.2, -0.15) is 0 Å². The summed E-state index contributed by atoms with van der Waals surface area (Å²) in [5.41, 5.74) is 7.43. The molecule has 0 aliphatic carbocycles. The van der Waals surface area contributed by atoms with Crippen LogP contribution in [-0.4, -0.2) is 37.6 Å². The second kappa shape index (κ2) is 6.09. The molecule has 2 rings (SSSR count). The maximum absolute atomic E-state index is 12.0. The van der Waals surface area contributed by atoms with Crippen molar-refractivity contribution in [3.8, 4) is 5.75 Å². The fourth-order valence-corrected chi connectivity index (χ4v) is 2.75. The van der Waals surface area contributed by atoms with E-state index in [1.54, 1.807) is 14.2 Å². The van der Waals surface area contributed by atoms with E-state index in [-0.39, 0.29) is 11.9 Å². The Morgan fingerprint density at radius 3 is 2.90 bits per heavy atom. The van der Waals surface area contributed by atoms with Crippen LogP contribution in [0.4, 0.5) is 5.69 Å². The Hall–Kier alpha value is -1.82. The van der Waals surface area contributed by atoms with Crippen LogP contribution in [0.3, 0.4) is 0 Å². The molecular weight excluding hydrogens is 274 g/mol. The van der Waals surface area contributed by atoms with Gasteiger partial charge in [-0.05, 0) is 25.0 Å². The van der Waals surface area contributed by atoms with E-state index in [2.05, 4.69) is 10.2 Å².